The first-order chi connectivity index (χ1) is 16.0. The molecule has 0 aliphatic carbocycles. The van der Waals surface area contributed by atoms with E-state index >= 15 is 0 Å². The first kappa shape index (κ1) is 21.7. The van der Waals surface area contributed by atoms with Gasteiger partial charge >= 0.3 is 0 Å². The number of likely N-dealkylation sites (N-methyl/N-ethyl adjacent to an activating group) is 1. The van der Waals surface area contributed by atoms with Crippen molar-refractivity contribution in [3.8, 4) is 5.75 Å². The molecule has 1 fully saturated rings. The van der Waals surface area contributed by atoms with Crippen LogP contribution in [-0.2, 0) is 6.61 Å². The molecule has 5 rings (SSSR count). The number of likely N-dealkylation sites (tertiary alicyclic amines) is 1. The number of aromatic amines is 1. The van der Waals surface area contributed by atoms with E-state index in [4.69, 9.17) is 27.9 Å². The topological polar surface area (TPSA) is 101 Å². The molecule has 1 aromatic carbocycles. The molecular weight excluding hydrogens is 465 g/mol. The van der Waals surface area contributed by atoms with Gasteiger partial charge in [-0.25, -0.2) is 0 Å². The number of nitrogens with one attached hydrogen (secondary N) is 2. The average molecular weight is 486 g/mol. The molecule has 1 aliphatic rings. The van der Waals surface area contributed by atoms with Gasteiger partial charge in [-0.15, -0.1) is 0 Å². The number of anilines is 1. The van der Waals surface area contributed by atoms with Crippen LogP contribution < -0.4 is 10.1 Å². The Morgan fingerprint density at radius 2 is 2.09 bits per heavy atom. The third kappa shape index (κ3) is 4.52. The van der Waals surface area contributed by atoms with Crippen LogP contribution in [0.25, 0.3) is 10.9 Å². The van der Waals surface area contributed by atoms with Crippen molar-refractivity contribution in [2.45, 2.75) is 19.1 Å². The number of ether oxygens (including phenoxy) is 1. The summed E-state index contributed by atoms with van der Waals surface area (Å²) < 4.78 is 7.77. The van der Waals surface area contributed by atoms with Crippen LogP contribution in [0.1, 0.15) is 28.5 Å². The van der Waals surface area contributed by atoms with Crippen molar-refractivity contribution in [2.24, 2.45) is 0 Å². The molecule has 0 bridgehead atoms. The second-order valence-electron chi connectivity index (χ2n) is 8.02. The lowest BCUT2D eigenvalue weighted by Gasteiger charge is -2.10. The number of fused-ring (bicyclic) bond motifs is 1. The summed E-state index contributed by atoms with van der Waals surface area (Å²) in [6.07, 6.45) is 7.57. The predicted molar refractivity (Wildman–Crippen MR) is 126 cm³/mol. The van der Waals surface area contributed by atoms with E-state index in [1.807, 2.05) is 10.9 Å². The fraction of sp³-hybridized carbons (Fsp3) is 0.273. The van der Waals surface area contributed by atoms with Crippen molar-refractivity contribution in [3.63, 3.8) is 0 Å². The van der Waals surface area contributed by atoms with Gasteiger partial charge in [-0.1, -0.05) is 23.2 Å². The molecule has 1 atom stereocenters. The molecule has 9 nitrogen and oxygen atoms in total. The van der Waals surface area contributed by atoms with Crippen LogP contribution in [0.4, 0.5) is 5.69 Å². The Labute approximate surface area is 199 Å². The highest BCUT2D eigenvalue weighted by atomic mass is 35.5. The van der Waals surface area contributed by atoms with E-state index < -0.39 is 0 Å². The van der Waals surface area contributed by atoms with Crippen molar-refractivity contribution in [2.75, 3.05) is 25.5 Å². The second-order valence-corrected chi connectivity index (χ2v) is 8.83. The summed E-state index contributed by atoms with van der Waals surface area (Å²) in [4.78, 5) is 19.1. The van der Waals surface area contributed by atoms with E-state index in [0.29, 0.717) is 38.5 Å². The number of carbonyl (C=O) groups excluding carboxylic acids is 1. The SMILES string of the molecule is CN1CCC(n2cc(NC(=O)c3n[nH]c4ccc(OCc5c(Cl)cncc5Cl)cc34)cn2)C1. The van der Waals surface area contributed by atoms with Gasteiger partial charge in [0.05, 0.1) is 33.5 Å². The Morgan fingerprint density at radius 1 is 1.27 bits per heavy atom. The monoisotopic (exact) mass is 485 g/mol. The smallest absolute Gasteiger partial charge is 0.276 e. The first-order valence-electron chi connectivity index (χ1n) is 10.4. The van der Waals surface area contributed by atoms with Gasteiger partial charge in [0.2, 0.25) is 0 Å². The van der Waals surface area contributed by atoms with Crippen molar-refractivity contribution in [1.82, 2.24) is 29.9 Å². The van der Waals surface area contributed by atoms with Gasteiger partial charge in [0.1, 0.15) is 12.4 Å². The van der Waals surface area contributed by atoms with E-state index in [-0.39, 0.29) is 18.2 Å². The standard InChI is InChI=1S/C22H21Cl2N7O2/c1-30-5-4-14(11-30)31-10-13(7-26-31)27-22(32)21-16-6-15(2-3-20(16)28-29-21)33-12-17-18(23)8-25-9-19(17)24/h2-3,6-10,14H,4-5,11-12H2,1H3,(H,27,32)(H,28,29). The molecule has 1 amide bonds. The van der Waals surface area contributed by atoms with Gasteiger partial charge in [0, 0.05) is 36.1 Å². The van der Waals surface area contributed by atoms with E-state index in [1.165, 1.54) is 12.4 Å². The number of aromatic nitrogens is 5. The van der Waals surface area contributed by atoms with Gasteiger partial charge in [-0.2, -0.15) is 10.2 Å². The highest BCUT2D eigenvalue weighted by Gasteiger charge is 2.22. The van der Waals surface area contributed by atoms with E-state index in [2.05, 4.69) is 37.5 Å². The summed E-state index contributed by atoms with van der Waals surface area (Å²) >= 11 is 12.3. The Hall–Kier alpha value is -3.14. The fourth-order valence-electron chi connectivity index (χ4n) is 3.91. The van der Waals surface area contributed by atoms with Crippen LogP contribution in [0.15, 0.2) is 43.0 Å². The number of benzene rings is 1. The maximum Gasteiger partial charge on any atom is 0.276 e. The summed E-state index contributed by atoms with van der Waals surface area (Å²) in [6.45, 7) is 2.15. The molecule has 170 valence electrons. The molecule has 4 aromatic rings. The molecule has 0 saturated carbocycles. The zero-order valence-electron chi connectivity index (χ0n) is 17.8. The fourth-order valence-corrected chi connectivity index (χ4v) is 4.38. The molecule has 4 heterocycles. The highest BCUT2D eigenvalue weighted by molar-refractivity contribution is 6.35. The minimum Gasteiger partial charge on any atom is -0.489 e. The first-order valence-corrected chi connectivity index (χ1v) is 11.2. The summed E-state index contributed by atoms with van der Waals surface area (Å²) in [5.41, 5.74) is 2.25. The van der Waals surface area contributed by atoms with Crippen molar-refractivity contribution in [1.29, 1.82) is 0 Å². The Bertz CT molecular complexity index is 1300. The van der Waals surface area contributed by atoms with Crippen molar-refractivity contribution < 1.29 is 9.53 Å². The molecule has 0 spiro atoms. The van der Waals surface area contributed by atoms with E-state index in [0.717, 1.165) is 25.0 Å². The van der Waals surface area contributed by atoms with Gasteiger partial charge in [-0.05, 0) is 38.2 Å². The lowest BCUT2D eigenvalue weighted by Crippen LogP contribution is -2.16. The molecule has 2 N–H and O–H groups in total. The summed E-state index contributed by atoms with van der Waals surface area (Å²) in [7, 11) is 2.09. The number of amides is 1. The molecule has 3 aromatic heterocycles. The Balaban J connectivity index is 1.31. The number of halogens is 2. The zero-order chi connectivity index (χ0) is 22.9. The molecular formula is C22H21Cl2N7O2. The number of carbonyl (C=O) groups is 1. The molecule has 33 heavy (non-hydrogen) atoms. The van der Waals surface area contributed by atoms with E-state index in [9.17, 15) is 4.79 Å². The quantitative estimate of drug-likeness (QED) is 0.424. The molecule has 1 aliphatic heterocycles. The minimum absolute atomic E-state index is 0.167. The number of nitrogens with zero attached hydrogens (tertiary/aromatic N) is 5. The van der Waals surface area contributed by atoms with Crippen LogP contribution in [-0.4, -0.2) is 55.9 Å². The third-order valence-electron chi connectivity index (χ3n) is 5.68. The number of hydrogen-bond acceptors (Lipinski definition) is 6. The molecule has 1 saturated heterocycles. The minimum atomic E-state index is -0.332. The number of hydrogen-bond donors (Lipinski definition) is 2. The second kappa shape index (κ2) is 9.01. The Morgan fingerprint density at radius 3 is 2.85 bits per heavy atom. The Kier molecular flexibility index (Phi) is 5.92. The largest absolute Gasteiger partial charge is 0.489 e. The van der Waals surface area contributed by atoms with Gasteiger partial charge in [0.25, 0.3) is 5.91 Å². The van der Waals surface area contributed by atoms with Crippen LogP contribution in [0.2, 0.25) is 10.0 Å². The molecule has 11 heteroatoms. The maximum absolute atomic E-state index is 12.9. The van der Waals surface area contributed by atoms with Crippen LogP contribution in [0.3, 0.4) is 0 Å². The highest BCUT2D eigenvalue weighted by Crippen LogP contribution is 2.27. The number of pyridine rings is 1. The predicted octanol–water partition coefficient (Wildman–Crippen LogP) is 4.17. The summed E-state index contributed by atoms with van der Waals surface area (Å²) in [5, 5.41) is 15.9. The third-order valence-corrected chi connectivity index (χ3v) is 6.34. The van der Waals surface area contributed by atoms with Crippen LogP contribution in [0.5, 0.6) is 5.75 Å². The zero-order valence-corrected chi connectivity index (χ0v) is 19.3. The maximum atomic E-state index is 12.9. The normalized spacial score (nSPS) is 16.4. The molecule has 0 radical (unpaired) electrons. The van der Waals surface area contributed by atoms with Gasteiger partial charge < -0.3 is 15.0 Å². The van der Waals surface area contributed by atoms with E-state index in [1.54, 1.807) is 24.4 Å². The van der Waals surface area contributed by atoms with Gasteiger partial charge in [0.15, 0.2) is 5.69 Å². The molecule has 1 unspecified atom stereocenters. The van der Waals surface area contributed by atoms with Crippen molar-refractivity contribution in [3.05, 3.63) is 64.3 Å². The lowest BCUT2D eigenvalue weighted by atomic mass is 10.2. The van der Waals surface area contributed by atoms with Gasteiger partial charge in [-0.3, -0.25) is 19.6 Å². The van der Waals surface area contributed by atoms with Crippen LogP contribution in [0, 0.1) is 0 Å². The van der Waals surface area contributed by atoms with Crippen molar-refractivity contribution >= 4 is 45.7 Å². The summed E-state index contributed by atoms with van der Waals surface area (Å²) in [5.74, 6) is 0.224. The number of rotatable bonds is 6. The number of H-pyrrole nitrogens is 1. The lowest BCUT2D eigenvalue weighted by molar-refractivity contribution is 0.102. The average Bonchev–Trinajstić information content (AvgIpc) is 3.52. The summed E-state index contributed by atoms with van der Waals surface area (Å²) in [6, 6.07) is 5.66. The van der Waals surface area contributed by atoms with Crippen LogP contribution >= 0.6 is 23.2 Å².